The fourth-order valence-corrected chi connectivity index (χ4v) is 2.43. The van der Waals surface area contributed by atoms with Crippen LogP contribution in [0.1, 0.15) is 33.1 Å². The molecule has 3 unspecified atom stereocenters. The first kappa shape index (κ1) is 13.5. The van der Waals surface area contributed by atoms with Gasteiger partial charge in [-0.15, -0.1) is 0 Å². The van der Waals surface area contributed by atoms with Crippen LogP contribution in [0.15, 0.2) is 0 Å². The van der Waals surface area contributed by atoms with Gasteiger partial charge in [0.05, 0.1) is 6.07 Å². The number of nitrogens with one attached hydrogen (secondary N) is 1. The van der Waals surface area contributed by atoms with Gasteiger partial charge in [0.15, 0.2) is 0 Å². The molecule has 3 atom stereocenters. The van der Waals surface area contributed by atoms with Crippen molar-refractivity contribution in [2.45, 2.75) is 38.6 Å². The number of nitriles is 1. The van der Waals surface area contributed by atoms with Crippen LogP contribution in [0, 0.1) is 23.2 Å². The van der Waals surface area contributed by atoms with Crippen LogP contribution < -0.4 is 5.32 Å². The van der Waals surface area contributed by atoms with E-state index >= 15 is 0 Å². The van der Waals surface area contributed by atoms with E-state index in [1.807, 2.05) is 0 Å². The molecule has 3 nitrogen and oxygen atoms in total. The van der Waals surface area contributed by atoms with E-state index in [1.165, 1.54) is 6.42 Å². The fourth-order valence-electron chi connectivity index (χ4n) is 2.43. The van der Waals surface area contributed by atoms with Crippen LogP contribution in [0.3, 0.4) is 0 Å². The van der Waals surface area contributed by atoms with Crippen LogP contribution in [-0.2, 0) is 0 Å². The van der Waals surface area contributed by atoms with Crippen molar-refractivity contribution in [1.29, 1.82) is 5.26 Å². The van der Waals surface area contributed by atoms with Crippen molar-refractivity contribution in [2.24, 2.45) is 11.8 Å². The topological polar surface area (TPSA) is 39.1 Å². The first-order valence-corrected chi connectivity index (χ1v) is 6.30. The summed E-state index contributed by atoms with van der Waals surface area (Å²) < 4.78 is 0. The molecule has 1 aliphatic carbocycles. The summed E-state index contributed by atoms with van der Waals surface area (Å²) in [5.74, 6) is 1.41. The Bertz CT molecular complexity index is 256. The fraction of sp³-hybridized carbons (Fsp3) is 0.923. The molecule has 0 aromatic rings. The van der Waals surface area contributed by atoms with Crippen LogP contribution in [0.25, 0.3) is 0 Å². The molecule has 0 aromatic carbocycles. The second kappa shape index (κ2) is 5.65. The number of hydrogen-bond donors (Lipinski definition) is 1. The second-order valence-electron chi connectivity index (χ2n) is 5.62. The molecule has 0 heterocycles. The van der Waals surface area contributed by atoms with Gasteiger partial charge in [0.1, 0.15) is 5.54 Å². The predicted octanol–water partition coefficient (Wildman–Crippen LogP) is 1.86. The van der Waals surface area contributed by atoms with Crippen molar-refractivity contribution in [1.82, 2.24) is 10.2 Å². The largest absolute Gasteiger partial charge is 0.308 e. The van der Waals surface area contributed by atoms with E-state index in [1.54, 1.807) is 0 Å². The van der Waals surface area contributed by atoms with Gasteiger partial charge in [0.25, 0.3) is 0 Å². The average Bonchev–Trinajstić information content (AvgIpc) is 2.23. The van der Waals surface area contributed by atoms with Gasteiger partial charge in [-0.1, -0.05) is 13.8 Å². The minimum atomic E-state index is -0.262. The van der Waals surface area contributed by atoms with Crippen LogP contribution in [0.4, 0.5) is 0 Å². The SMILES string of the molecule is CC1CCC(C#N)(NCCN(C)C)CC1C. The summed E-state index contributed by atoms with van der Waals surface area (Å²) in [7, 11) is 4.12. The van der Waals surface area contributed by atoms with Crippen LogP contribution >= 0.6 is 0 Å². The van der Waals surface area contributed by atoms with Gasteiger partial charge >= 0.3 is 0 Å². The minimum Gasteiger partial charge on any atom is -0.308 e. The molecule has 3 heteroatoms. The Kier molecular flexibility index (Phi) is 4.76. The summed E-state index contributed by atoms with van der Waals surface area (Å²) in [4.78, 5) is 2.15. The highest BCUT2D eigenvalue weighted by Crippen LogP contribution is 2.35. The number of nitrogens with zero attached hydrogens (tertiary/aromatic N) is 2. The van der Waals surface area contributed by atoms with Crippen LogP contribution in [-0.4, -0.2) is 37.6 Å². The smallest absolute Gasteiger partial charge is 0.107 e. The minimum absolute atomic E-state index is 0.262. The maximum atomic E-state index is 9.38. The Morgan fingerprint density at radius 1 is 1.38 bits per heavy atom. The summed E-state index contributed by atoms with van der Waals surface area (Å²) in [6, 6.07) is 2.51. The van der Waals surface area contributed by atoms with Crippen LogP contribution in [0.5, 0.6) is 0 Å². The number of rotatable bonds is 4. The Morgan fingerprint density at radius 3 is 2.56 bits per heavy atom. The highest BCUT2D eigenvalue weighted by Gasteiger charge is 2.37. The van der Waals surface area contributed by atoms with Crippen molar-refractivity contribution in [3.63, 3.8) is 0 Å². The van der Waals surface area contributed by atoms with Gasteiger partial charge in [0, 0.05) is 13.1 Å². The van der Waals surface area contributed by atoms with Crippen molar-refractivity contribution in [3.05, 3.63) is 0 Å². The quantitative estimate of drug-likeness (QED) is 0.790. The van der Waals surface area contributed by atoms with Gasteiger partial charge in [-0.2, -0.15) is 5.26 Å². The third-order valence-corrected chi connectivity index (χ3v) is 3.90. The zero-order chi connectivity index (χ0) is 12.2. The highest BCUT2D eigenvalue weighted by molar-refractivity contribution is 5.10. The Morgan fingerprint density at radius 2 is 2.06 bits per heavy atom. The molecule has 0 amide bonds. The zero-order valence-corrected chi connectivity index (χ0v) is 11.1. The lowest BCUT2D eigenvalue weighted by molar-refractivity contribution is 0.179. The molecule has 1 fully saturated rings. The molecule has 0 aromatic heterocycles. The van der Waals surface area contributed by atoms with Crippen molar-refractivity contribution < 1.29 is 0 Å². The molecule has 0 saturated heterocycles. The molecule has 1 N–H and O–H groups in total. The van der Waals surface area contributed by atoms with E-state index in [0.29, 0.717) is 5.92 Å². The van der Waals surface area contributed by atoms with Crippen molar-refractivity contribution in [3.8, 4) is 6.07 Å². The molecule has 0 spiro atoms. The summed E-state index contributed by atoms with van der Waals surface area (Å²) in [6.07, 6.45) is 3.17. The predicted molar refractivity (Wildman–Crippen MR) is 67.1 cm³/mol. The molecule has 1 aliphatic rings. The van der Waals surface area contributed by atoms with Gasteiger partial charge in [-0.05, 0) is 45.2 Å². The standard InChI is InChI=1S/C13H25N3/c1-11-5-6-13(10-14,9-12(11)2)15-7-8-16(3)4/h11-12,15H,5-9H2,1-4H3. The van der Waals surface area contributed by atoms with Gasteiger partial charge in [0.2, 0.25) is 0 Å². The monoisotopic (exact) mass is 223 g/mol. The Hall–Kier alpha value is -0.590. The molecular formula is C13H25N3. The van der Waals surface area contributed by atoms with E-state index in [2.05, 4.69) is 44.2 Å². The summed E-state index contributed by atoms with van der Waals surface area (Å²) in [6.45, 7) is 6.46. The average molecular weight is 223 g/mol. The molecule has 1 saturated carbocycles. The number of likely N-dealkylation sites (N-methyl/N-ethyl adjacent to an activating group) is 1. The van der Waals surface area contributed by atoms with Crippen molar-refractivity contribution >= 4 is 0 Å². The third kappa shape index (κ3) is 3.47. The van der Waals surface area contributed by atoms with E-state index < -0.39 is 0 Å². The van der Waals surface area contributed by atoms with Gasteiger partial charge < -0.3 is 4.90 Å². The van der Waals surface area contributed by atoms with E-state index in [9.17, 15) is 5.26 Å². The first-order chi connectivity index (χ1) is 7.49. The number of hydrogen-bond acceptors (Lipinski definition) is 3. The molecule has 0 bridgehead atoms. The normalized spacial score (nSPS) is 35.0. The molecule has 0 radical (unpaired) electrons. The maximum Gasteiger partial charge on any atom is 0.107 e. The van der Waals surface area contributed by atoms with E-state index in [0.717, 1.165) is 31.8 Å². The molecule has 92 valence electrons. The first-order valence-electron chi connectivity index (χ1n) is 6.30. The molecule has 1 rings (SSSR count). The van der Waals surface area contributed by atoms with E-state index in [4.69, 9.17) is 0 Å². The Labute approximate surface area is 99.8 Å². The Balaban J connectivity index is 2.48. The van der Waals surface area contributed by atoms with Crippen molar-refractivity contribution in [2.75, 3.05) is 27.2 Å². The summed E-state index contributed by atoms with van der Waals surface area (Å²) >= 11 is 0. The third-order valence-electron chi connectivity index (χ3n) is 3.90. The lowest BCUT2D eigenvalue weighted by atomic mass is 9.72. The van der Waals surface area contributed by atoms with E-state index in [-0.39, 0.29) is 5.54 Å². The lowest BCUT2D eigenvalue weighted by Gasteiger charge is -2.39. The lowest BCUT2D eigenvalue weighted by Crippen LogP contribution is -2.50. The van der Waals surface area contributed by atoms with Gasteiger partial charge in [-0.3, -0.25) is 5.32 Å². The molecule has 0 aliphatic heterocycles. The summed E-state index contributed by atoms with van der Waals surface area (Å²) in [5, 5.41) is 12.8. The highest BCUT2D eigenvalue weighted by atomic mass is 15.1. The van der Waals surface area contributed by atoms with Gasteiger partial charge in [-0.25, -0.2) is 0 Å². The zero-order valence-electron chi connectivity index (χ0n) is 11.1. The summed E-state index contributed by atoms with van der Waals surface area (Å²) in [5.41, 5.74) is -0.262. The van der Waals surface area contributed by atoms with Crippen LogP contribution in [0.2, 0.25) is 0 Å². The maximum absolute atomic E-state index is 9.38. The molecule has 16 heavy (non-hydrogen) atoms. The molecular weight excluding hydrogens is 198 g/mol. The second-order valence-corrected chi connectivity index (χ2v) is 5.62.